The van der Waals surface area contributed by atoms with E-state index in [0.717, 1.165) is 33.4 Å². The normalized spacial score (nSPS) is 11.8. The smallest absolute Gasteiger partial charge is 0.194 e. The monoisotopic (exact) mass is 316 g/mol. The molecular formula is C21H16O3. The summed E-state index contributed by atoms with van der Waals surface area (Å²) in [4.78, 5) is 12.9. The molecule has 0 unspecified atom stereocenters. The van der Waals surface area contributed by atoms with E-state index in [9.17, 15) is 4.79 Å². The molecule has 0 fully saturated rings. The molecule has 3 aromatic carbocycles. The SMILES string of the molecule is COc1cc(OC)cc(-c2cccc3c2C(=O)c2ccccc2-3)c1. The summed E-state index contributed by atoms with van der Waals surface area (Å²) in [6.45, 7) is 0. The van der Waals surface area contributed by atoms with E-state index in [4.69, 9.17) is 9.47 Å². The van der Waals surface area contributed by atoms with Gasteiger partial charge in [-0.2, -0.15) is 0 Å². The van der Waals surface area contributed by atoms with Gasteiger partial charge in [-0.1, -0.05) is 42.5 Å². The molecule has 3 heteroatoms. The Labute approximate surface area is 140 Å². The first-order valence-corrected chi connectivity index (χ1v) is 7.73. The van der Waals surface area contributed by atoms with Crippen LogP contribution < -0.4 is 9.47 Å². The molecule has 24 heavy (non-hydrogen) atoms. The van der Waals surface area contributed by atoms with E-state index in [1.807, 2.05) is 60.7 Å². The molecule has 0 saturated heterocycles. The predicted octanol–water partition coefficient (Wildman–Crippen LogP) is 4.58. The lowest BCUT2D eigenvalue weighted by Gasteiger charge is -2.11. The maximum Gasteiger partial charge on any atom is 0.194 e. The third kappa shape index (κ3) is 2.09. The van der Waals surface area contributed by atoms with E-state index in [0.29, 0.717) is 11.5 Å². The molecule has 0 N–H and O–H groups in total. The third-order valence-electron chi connectivity index (χ3n) is 4.42. The van der Waals surface area contributed by atoms with Gasteiger partial charge in [0.15, 0.2) is 5.78 Å². The average Bonchev–Trinajstić information content (AvgIpc) is 2.94. The second kappa shape index (κ2) is 5.53. The van der Waals surface area contributed by atoms with Crippen molar-refractivity contribution in [2.24, 2.45) is 0 Å². The van der Waals surface area contributed by atoms with Gasteiger partial charge < -0.3 is 9.47 Å². The van der Waals surface area contributed by atoms with Crippen LogP contribution in [0.3, 0.4) is 0 Å². The first-order chi connectivity index (χ1) is 11.7. The number of methoxy groups -OCH3 is 2. The van der Waals surface area contributed by atoms with Gasteiger partial charge in [-0.3, -0.25) is 4.79 Å². The molecular weight excluding hydrogens is 300 g/mol. The second-order valence-corrected chi connectivity index (χ2v) is 5.70. The summed E-state index contributed by atoms with van der Waals surface area (Å²) in [5.41, 5.74) is 5.28. The molecule has 118 valence electrons. The standard InChI is InChI=1S/C21H16O3/c1-23-14-10-13(11-15(12-14)24-2)16-8-5-9-18-17-6-3-4-7-19(17)21(22)20(16)18/h3-12H,1-2H3. The van der Waals surface area contributed by atoms with Crippen LogP contribution in [0.4, 0.5) is 0 Å². The molecule has 3 aromatic rings. The Kier molecular flexibility index (Phi) is 3.35. The number of carbonyl (C=O) groups excluding carboxylic acids is 1. The van der Waals surface area contributed by atoms with Crippen molar-refractivity contribution in [3.05, 3.63) is 71.8 Å². The number of ketones is 1. The van der Waals surface area contributed by atoms with Gasteiger partial charge in [0.05, 0.1) is 14.2 Å². The molecule has 0 heterocycles. The molecule has 0 aromatic heterocycles. The van der Waals surface area contributed by atoms with Crippen molar-refractivity contribution in [3.8, 4) is 33.8 Å². The molecule has 0 atom stereocenters. The molecule has 0 aliphatic heterocycles. The Bertz CT molecular complexity index is 935. The summed E-state index contributed by atoms with van der Waals surface area (Å²) in [5, 5.41) is 0. The fourth-order valence-electron chi connectivity index (χ4n) is 3.28. The predicted molar refractivity (Wildman–Crippen MR) is 93.9 cm³/mol. The fourth-order valence-corrected chi connectivity index (χ4v) is 3.28. The van der Waals surface area contributed by atoms with Crippen molar-refractivity contribution in [2.45, 2.75) is 0 Å². The summed E-state index contributed by atoms with van der Waals surface area (Å²) in [7, 11) is 3.24. The number of hydrogen-bond acceptors (Lipinski definition) is 3. The van der Waals surface area contributed by atoms with Gasteiger partial charge in [-0.25, -0.2) is 0 Å². The number of carbonyl (C=O) groups is 1. The highest BCUT2D eigenvalue weighted by molar-refractivity contribution is 6.24. The van der Waals surface area contributed by atoms with Gasteiger partial charge >= 0.3 is 0 Å². The van der Waals surface area contributed by atoms with Crippen LogP contribution in [0.1, 0.15) is 15.9 Å². The Morgan fingerprint density at radius 2 is 1.25 bits per heavy atom. The highest BCUT2D eigenvalue weighted by Crippen LogP contribution is 2.42. The van der Waals surface area contributed by atoms with E-state index < -0.39 is 0 Å². The van der Waals surface area contributed by atoms with Crippen molar-refractivity contribution < 1.29 is 14.3 Å². The zero-order valence-corrected chi connectivity index (χ0v) is 13.5. The minimum absolute atomic E-state index is 0.0676. The minimum atomic E-state index is 0.0676. The topological polar surface area (TPSA) is 35.5 Å². The Balaban J connectivity index is 1.96. The summed E-state index contributed by atoms with van der Waals surface area (Å²) in [6, 6.07) is 19.4. The van der Waals surface area contributed by atoms with Crippen molar-refractivity contribution in [1.82, 2.24) is 0 Å². The summed E-state index contributed by atoms with van der Waals surface area (Å²) in [5.74, 6) is 1.47. The molecule has 4 rings (SSSR count). The van der Waals surface area contributed by atoms with Crippen LogP contribution in [-0.2, 0) is 0 Å². The van der Waals surface area contributed by atoms with Crippen LogP contribution >= 0.6 is 0 Å². The van der Waals surface area contributed by atoms with Crippen LogP contribution in [0.25, 0.3) is 22.3 Å². The van der Waals surface area contributed by atoms with Crippen LogP contribution in [0, 0.1) is 0 Å². The van der Waals surface area contributed by atoms with Crippen molar-refractivity contribution in [2.75, 3.05) is 14.2 Å². The lowest BCUT2D eigenvalue weighted by molar-refractivity contribution is 0.104. The molecule has 0 bridgehead atoms. The molecule has 0 radical (unpaired) electrons. The average molecular weight is 316 g/mol. The van der Waals surface area contributed by atoms with Crippen molar-refractivity contribution in [1.29, 1.82) is 0 Å². The highest BCUT2D eigenvalue weighted by atomic mass is 16.5. The Hall–Kier alpha value is -3.07. The van der Waals surface area contributed by atoms with E-state index >= 15 is 0 Å². The van der Waals surface area contributed by atoms with E-state index in [1.165, 1.54) is 0 Å². The van der Waals surface area contributed by atoms with Gasteiger partial charge in [-0.05, 0) is 34.4 Å². The first kappa shape index (κ1) is 14.5. The number of benzene rings is 3. The summed E-state index contributed by atoms with van der Waals surface area (Å²) in [6.07, 6.45) is 0. The second-order valence-electron chi connectivity index (χ2n) is 5.70. The Morgan fingerprint density at radius 1 is 0.667 bits per heavy atom. The van der Waals surface area contributed by atoms with Crippen LogP contribution in [0.2, 0.25) is 0 Å². The fraction of sp³-hybridized carbons (Fsp3) is 0.0952. The number of rotatable bonds is 3. The minimum Gasteiger partial charge on any atom is -0.497 e. The van der Waals surface area contributed by atoms with Crippen molar-refractivity contribution in [3.63, 3.8) is 0 Å². The zero-order chi connectivity index (χ0) is 16.7. The van der Waals surface area contributed by atoms with E-state index in [1.54, 1.807) is 14.2 Å². The number of ether oxygens (including phenoxy) is 2. The van der Waals surface area contributed by atoms with Gasteiger partial charge in [0.2, 0.25) is 0 Å². The van der Waals surface area contributed by atoms with Crippen molar-refractivity contribution >= 4 is 5.78 Å². The molecule has 1 aliphatic rings. The largest absolute Gasteiger partial charge is 0.497 e. The van der Waals surface area contributed by atoms with Gasteiger partial charge in [0.1, 0.15) is 11.5 Å². The number of fused-ring (bicyclic) bond motifs is 3. The maximum absolute atomic E-state index is 12.9. The van der Waals surface area contributed by atoms with Crippen LogP contribution in [0.5, 0.6) is 11.5 Å². The number of hydrogen-bond donors (Lipinski definition) is 0. The highest BCUT2D eigenvalue weighted by Gasteiger charge is 2.29. The van der Waals surface area contributed by atoms with E-state index in [-0.39, 0.29) is 5.78 Å². The third-order valence-corrected chi connectivity index (χ3v) is 4.42. The maximum atomic E-state index is 12.9. The quantitative estimate of drug-likeness (QED) is 0.555. The zero-order valence-electron chi connectivity index (χ0n) is 13.5. The molecule has 0 spiro atoms. The lowest BCUT2D eigenvalue weighted by atomic mass is 9.95. The summed E-state index contributed by atoms with van der Waals surface area (Å²) >= 11 is 0. The lowest BCUT2D eigenvalue weighted by Crippen LogP contribution is -1.98. The van der Waals surface area contributed by atoms with Gasteiger partial charge in [0, 0.05) is 17.2 Å². The molecule has 0 amide bonds. The van der Waals surface area contributed by atoms with Crippen LogP contribution in [-0.4, -0.2) is 20.0 Å². The molecule has 3 nitrogen and oxygen atoms in total. The first-order valence-electron chi connectivity index (χ1n) is 7.73. The molecule has 0 saturated carbocycles. The van der Waals surface area contributed by atoms with Gasteiger partial charge in [-0.15, -0.1) is 0 Å². The molecule has 1 aliphatic carbocycles. The van der Waals surface area contributed by atoms with Crippen LogP contribution in [0.15, 0.2) is 60.7 Å². The van der Waals surface area contributed by atoms with E-state index in [2.05, 4.69) is 0 Å². The summed E-state index contributed by atoms with van der Waals surface area (Å²) < 4.78 is 10.7. The van der Waals surface area contributed by atoms with Gasteiger partial charge in [0.25, 0.3) is 0 Å². The Morgan fingerprint density at radius 3 is 1.92 bits per heavy atom.